The third-order valence-electron chi connectivity index (χ3n) is 15.3. The van der Waals surface area contributed by atoms with Crippen molar-refractivity contribution >= 4 is 59.1 Å². The second-order valence-electron chi connectivity index (χ2n) is 25.5. The van der Waals surface area contributed by atoms with Gasteiger partial charge in [-0.25, -0.2) is 0 Å². The highest BCUT2D eigenvalue weighted by Crippen LogP contribution is 2.25. The molecule has 0 bridgehead atoms. The van der Waals surface area contributed by atoms with Crippen molar-refractivity contribution < 1.29 is 47.9 Å². The molecule has 0 aromatic rings. The molecule has 464 valence electrons. The van der Waals surface area contributed by atoms with E-state index >= 15 is 4.79 Å². The van der Waals surface area contributed by atoms with Crippen LogP contribution in [0.25, 0.3) is 0 Å². The molecule has 0 spiro atoms. The molecule has 0 aromatic carbocycles. The maximum atomic E-state index is 15.0. The van der Waals surface area contributed by atoms with Gasteiger partial charge >= 0.3 is 0 Å². The van der Waals surface area contributed by atoms with Gasteiger partial charge in [-0.15, -0.1) is 0 Å². The first-order valence-corrected chi connectivity index (χ1v) is 29.5. The van der Waals surface area contributed by atoms with Gasteiger partial charge in [-0.05, 0) is 108 Å². The van der Waals surface area contributed by atoms with Crippen molar-refractivity contribution in [2.75, 3.05) is 69.0 Å². The molecule has 81 heavy (non-hydrogen) atoms. The topological polar surface area (TPSA) is 242 Å². The Morgan fingerprint density at radius 3 is 1.41 bits per heavy atom. The highest BCUT2D eigenvalue weighted by molar-refractivity contribution is 5.98. The molecule has 10 amide bonds. The Morgan fingerprint density at radius 1 is 0.469 bits per heavy atom. The predicted octanol–water partition coefficient (Wildman–Crippen LogP) is 3.99. The van der Waals surface area contributed by atoms with Crippen molar-refractivity contribution in [1.82, 2.24) is 55.6 Å². The van der Waals surface area contributed by atoms with Gasteiger partial charge in [0, 0.05) is 54.9 Å². The average Bonchev–Trinajstić information content (AvgIpc) is 3.47. The van der Waals surface area contributed by atoms with Gasteiger partial charge in [0.05, 0.1) is 19.1 Å². The second-order valence-corrected chi connectivity index (χ2v) is 25.5. The minimum Gasteiger partial charge on any atom is -0.351 e. The monoisotopic (exact) mass is 1140 g/mol. The molecule has 0 aliphatic carbocycles. The zero-order chi connectivity index (χ0) is 62.7. The van der Waals surface area contributed by atoms with Gasteiger partial charge in [0.2, 0.25) is 59.1 Å². The van der Waals surface area contributed by atoms with Crippen LogP contribution in [0.5, 0.6) is 0 Å². The highest BCUT2D eigenvalue weighted by Gasteiger charge is 2.43. The van der Waals surface area contributed by atoms with Crippen molar-refractivity contribution in [2.45, 2.75) is 204 Å². The summed E-state index contributed by atoms with van der Waals surface area (Å²) in [6.07, 6.45) is 5.80. The number of allylic oxidation sites excluding steroid dienone is 2. The Kier molecular flexibility index (Phi) is 30.9. The van der Waals surface area contributed by atoms with Crippen LogP contribution < -0.4 is 21.3 Å². The maximum absolute atomic E-state index is 15.0. The Hall–Kier alpha value is -5.60. The Balaban J connectivity index is 4.12. The van der Waals surface area contributed by atoms with E-state index in [1.165, 1.54) is 52.7 Å². The van der Waals surface area contributed by atoms with Crippen molar-refractivity contribution in [1.29, 1.82) is 0 Å². The van der Waals surface area contributed by atoms with E-state index in [1.54, 1.807) is 48.8 Å². The minimum absolute atomic E-state index is 0.0464. The van der Waals surface area contributed by atoms with Crippen LogP contribution in [0.1, 0.15) is 149 Å². The molecule has 0 radical (unpaired) electrons. The summed E-state index contributed by atoms with van der Waals surface area (Å²) < 4.78 is 0. The van der Waals surface area contributed by atoms with Crippen LogP contribution in [0.15, 0.2) is 12.2 Å². The number of hydrogen-bond donors (Lipinski definition) is 4. The van der Waals surface area contributed by atoms with E-state index < -0.39 is 132 Å². The molecule has 3 unspecified atom stereocenters. The fourth-order valence-electron chi connectivity index (χ4n) is 10.3. The number of nitrogens with one attached hydrogen (secondary N) is 4. The highest BCUT2D eigenvalue weighted by atomic mass is 16.2. The summed E-state index contributed by atoms with van der Waals surface area (Å²) in [5, 5.41) is 11.4. The molecule has 1 heterocycles. The number of nitrogens with zero attached hydrogens (tertiary/aromatic N) is 7. The third kappa shape index (κ3) is 22.6. The zero-order valence-electron chi connectivity index (χ0n) is 54.0. The molecule has 21 heteroatoms. The molecule has 1 fully saturated rings. The lowest BCUT2D eigenvalue weighted by Crippen LogP contribution is -2.61. The van der Waals surface area contributed by atoms with Gasteiger partial charge < -0.3 is 50.7 Å². The molecule has 21 nitrogen and oxygen atoms in total. The standard InChI is InChI=1S/C60H109N11O10/c1-24-25-26-41(14)31-46-54(75)61-32-49(72)66(18)34-50(73)67(19)44(27-35(2)3)56(77)64-51(39(10)11)59(80)68(20)45(28-36(4)5)55(76)63-43(16)53(74)62-42(15)33-65(17)47(29-37(6)7)57(78)70(22)48(30-38(8)9)58(79)71(23)52(40(12)13)60(81)69(46)21/h24-25,35-48,51-52H,26-34H2,1-23H3,(H,61,75)(H,62,74)(H,63,76)(H,64,77)/b25-24+/t41-,42-,43+,44+,45?,46+,47+,48+,51?,52?/m1/s1. The molecule has 1 aliphatic heterocycles. The summed E-state index contributed by atoms with van der Waals surface area (Å²) in [5.41, 5.74) is 0. The van der Waals surface area contributed by atoms with E-state index in [-0.39, 0.29) is 67.7 Å². The first-order chi connectivity index (χ1) is 37.4. The lowest BCUT2D eigenvalue weighted by Gasteiger charge is -2.41. The summed E-state index contributed by atoms with van der Waals surface area (Å²) in [6, 6.07) is -8.67. The average molecular weight is 1140 g/mol. The molecular weight excluding hydrogens is 1030 g/mol. The van der Waals surface area contributed by atoms with Crippen LogP contribution >= 0.6 is 0 Å². The molecule has 1 saturated heterocycles. The van der Waals surface area contributed by atoms with Gasteiger partial charge in [0.1, 0.15) is 42.3 Å². The predicted molar refractivity (Wildman–Crippen MR) is 318 cm³/mol. The van der Waals surface area contributed by atoms with E-state index in [1.807, 2.05) is 100 Å². The number of likely N-dealkylation sites (N-methyl/N-ethyl adjacent to an activating group) is 7. The lowest BCUT2D eigenvalue weighted by atomic mass is 9.94. The second kappa shape index (κ2) is 34.1. The van der Waals surface area contributed by atoms with E-state index in [0.29, 0.717) is 12.8 Å². The van der Waals surface area contributed by atoms with Crippen LogP contribution in [-0.2, 0) is 47.9 Å². The summed E-state index contributed by atoms with van der Waals surface area (Å²) in [6.45, 7) is 29.0. The van der Waals surface area contributed by atoms with Gasteiger partial charge in [0.25, 0.3) is 0 Å². The fourth-order valence-corrected chi connectivity index (χ4v) is 10.3. The first-order valence-electron chi connectivity index (χ1n) is 29.5. The molecule has 0 aromatic heterocycles. The normalized spacial score (nSPS) is 26.5. The molecular formula is C60H109N11O10. The molecule has 0 saturated carbocycles. The Labute approximate surface area is 487 Å². The summed E-state index contributed by atoms with van der Waals surface area (Å²) in [7, 11) is 10.8. The number of rotatable bonds is 14. The maximum Gasteiger partial charge on any atom is 0.246 e. The summed E-state index contributed by atoms with van der Waals surface area (Å²) in [4.78, 5) is 154. The van der Waals surface area contributed by atoms with E-state index in [4.69, 9.17) is 0 Å². The smallest absolute Gasteiger partial charge is 0.246 e. The van der Waals surface area contributed by atoms with E-state index in [2.05, 4.69) is 21.3 Å². The Morgan fingerprint density at radius 2 is 0.914 bits per heavy atom. The zero-order valence-corrected chi connectivity index (χ0v) is 54.0. The van der Waals surface area contributed by atoms with Gasteiger partial charge in [0.15, 0.2) is 0 Å². The largest absolute Gasteiger partial charge is 0.351 e. The molecule has 10 atom stereocenters. The van der Waals surface area contributed by atoms with Gasteiger partial charge in [-0.1, -0.05) is 102 Å². The first kappa shape index (κ1) is 73.4. The number of amides is 10. The lowest BCUT2D eigenvalue weighted by molar-refractivity contribution is -0.154. The number of carbonyl (C=O) groups is 10. The summed E-state index contributed by atoms with van der Waals surface area (Å²) in [5.74, 6) is -6.49. The number of hydrogen-bond acceptors (Lipinski definition) is 11. The minimum atomic E-state index is -1.12. The van der Waals surface area contributed by atoms with Crippen LogP contribution in [0.4, 0.5) is 0 Å². The third-order valence-corrected chi connectivity index (χ3v) is 15.3. The van der Waals surface area contributed by atoms with E-state index in [0.717, 1.165) is 4.90 Å². The van der Waals surface area contributed by atoms with Crippen molar-refractivity contribution in [3.8, 4) is 0 Å². The number of carbonyl (C=O) groups excluding carboxylic acids is 10. The van der Waals surface area contributed by atoms with Crippen LogP contribution in [0, 0.1) is 41.4 Å². The van der Waals surface area contributed by atoms with Crippen LogP contribution in [0.3, 0.4) is 0 Å². The Bertz CT molecular complexity index is 2150. The molecule has 4 N–H and O–H groups in total. The molecule has 1 aliphatic rings. The van der Waals surface area contributed by atoms with E-state index in [9.17, 15) is 43.2 Å². The molecule has 1 rings (SSSR count). The van der Waals surface area contributed by atoms with Crippen LogP contribution in [0.2, 0.25) is 0 Å². The SMILES string of the molecule is C/C=C/C[C@@H](C)C[C@H]1C(=O)NCC(=O)N(C)CC(=O)N(C)[C@@H](CC(C)C)C(=O)NC(C(C)C)C(=O)N(C)C(CC(C)C)C(=O)N[C@@H](C)C(=O)N[C@H](C)CN(C)[C@@H](CC(C)C)C(=O)N(C)[C@@H](CC(C)C)C(=O)N(C)C(C(C)C)C(=O)N1C. The summed E-state index contributed by atoms with van der Waals surface area (Å²) >= 11 is 0. The van der Waals surface area contributed by atoms with Crippen molar-refractivity contribution in [3.63, 3.8) is 0 Å². The van der Waals surface area contributed by atoms with Crippen molar-refractivity contribution in [2.24, 2.45) is 41.4 Å². The van der Waals surface area contributed by atoms with Gasteiger partial charge in [-0.2, -0.15) is 0 Å². The van der Waals surface area contributed by atoms with Crippen molar-refractivity contribution in [3.05, 3.63) is 12.2 Å². The quantitative estimate of drug-likeness (QED) is 0.181. The van der Waals surface area contributed by atoms with Crippen LogP contribution in [-0.4, -0.2) is 217 Å². The van der Waals surface area contributed by atoms with Gasteiger partial charge in [-0.3, -0.25) is 52.8 Å². The fraction of sp³-hybridized carbons (Fsp3) is 0.800.